The van der Waals surface area contributed by atoms with Crippen molar-refractivity contribution >= 4 is 35.2 Å². The van der Waals surface area contributed by atoms with Crippen LogP contribution in [-0.2, 0) is 46.3 Å². The van der Waals surface area contributed by atoms with Gasteiger partial charge in [0.25, 0.3) is 0 Å². The third-order valence-electron chi connectivity index (χ3n) is 10.2. The molecule has 4 rings (SSSR count). The minimum Gasteiger partial charge on any atom is -0.379 e. The third kappa shape index (κ3) is 16.2. The summed E-state index contributed by atoms with van der Waals surface area (Å²) < 4.78 is 11.2. The Bertz CT molecular complexity index is 1750. The van der Waals surface area contributed by atoms with Gasteiger partial charge in [-0.15, -0.1) is 12.3 Å². The zero-order valence-electron chi connectivity index (χ0n) is 35.3. The molecule has 0 radical (unpaired) electrons. The van der Waals surface area contributed by atoms with Crippen LogP contribution in [0.5, 0.6) is 0 Å². The third-order valence-corrected chi connectivity index (χ3v) is 10.2. The van der Waals surface area contributed by atoms with Gasteiger partial charge in [-0.05, 0) is 55.6 Å². The normalized spacial score (nSPS) is 18.8. The Balaban J connectivity index is 1.56. The van der Waals surface area contributed by atoms with Gasteiger partial charge < -0.3 is 30.7 Å². The highest BCUT2D eigenvalue weighted by atomic mass is 16.6. The van der Waals surface area contributed by atoms with Gasteiger partial charge in [0, 0.05) is 32.4 Å². The highest BCUT2D eigenvalue weighted by Crippen LogP contribution is 2.31. The van der Waals surface area contributed by atoms with Gasteiger partial charge in [-0.2, -0.15) is 5.10 Å². The van der Waals surface area contributed by atoms with Crippen LogP contribution in [0.25, 0.3) is 0 Å². The highest BCUT2D eigenvalue weighted by molar-refractivity contribution is 6.02. The fourth-order valence-corrected chi connectivity index (χ4v) is 6.90. The minimum absolute atomic E-state index is 0.00421. The number of carbonyl (C=O) groups excluding carboxylic acids is 5. The molecule has 2 aliphatic rings. The van der Waals surface area contributed by atoms with Gasteiger partial charge in [0.05, 0.1) is 38.1 Å². The van der Waals surface area contributed by atoms with Crippen LogP contribution in [0.15, 0.2) is 65.8 Å². The standard InChI is InChI=1S/C45H63N7O7/c1-7-8-19-39(53)50-51-41(45(6)30-59-45)36(26-31(2)3)47-44(57)38(28-34-17-13-10-14-18-34)49-43(56)37(27-32(4)5)48-42(55)35(21-20-33-15-11-9-12-16-33)46-40(54)29-52-22-24-58-25-23-52/h1,9-18,31-32,35-38H,8,19-30H2,2-6H3,(H,46,54)(H,47,57)(H,48,55)(H,49,56)(H,50,53)/b51-41-/t35-,36-,37-,38-,45+/m0/s1. The van der Waals surface area contributed by atoms with Gasteiger partial charge in [-0.25, -0.2) is 5.43 Å². The van der Waals surface area contributed by atoms with Crippen molar-refractivity contribution in [2.24, 2.45) is 16.9 Å². The second kappa shape index (κ2) is 23.5. The maximum absolute atomic E-state index is 14.4. The summed E-state index contributed by atoms with van der Waals surface area (Å²) in [5, 5.41) is 16.4. The molecule has 5 atom stereocenters. The van der Waals surface area contributed by atoms with Crippen LogP contribution in [-0.4, -0.2) is 109 Å². The molecule has 320 valence electrons. The number of rotatable bonds is 23. The first kappa shape index (κ1) is 46.6. The van der Waals surface area contributed by atoms with Crippen LogP contribution in [0.3, 0.4) is 0 Å². The van der Waals surface area contributed by atoms with Crippen molar-refractivity contribution in [2.45, 2.75) is 109 Å². The average molecular weight is 814 g/mol. The number of nitrogens with zero attached hydrogens (tertiary/aromatic N) is 2. The number of nitrogens with one attached hydrogen (secondary N) is 5. The first-order valence-corrected chi connectivity index (χ1v) is 20.8. The van der Waals surface area contributed by atoms with E-state index in [2.05, 4.69) is 37.7 Å². The predicted octanol–water partition coefficient (Wildman–Crippen LogP) is 2.90. The van der Waals surface area contributed by atoms with Gasteiger partial charge in [-0.3, -0.25) is 28.9 Å². The number of aryl methyl sites for hydroxylation is 1. The second-order valence-electron chi connectivity index (χ2n) is 16.4. The number of terminal acetylenes is 1. The molecule has 0 spiro atoms. The van der Waals surface area contributed by atoms with Crippen molar-refractivity contribution in [3.05, 3.63) is 71.8 Å². The van der Waals surface area contributed by atoms with Crippen molar-refractivity contribution in [1.82, 2.24) is 31.6 Å². The summed E-state index contributed by atoms with van der Waals surface area (Å²) >= 11 is 0. The number of benzene rings is 2. The van der Waals surface area contributed by atoms with Crippen molar-refractivity contribution in [3.63, 3.8) is 0 Å². The van der Waals surface area contributed by atoms with Gasteiger partial charge in [0.2, 0.25) is 29.5 Å². The Labute approximate surface area is 349 Å². The SMILES string of the molecule is C#CCCC(=O)N/N=C(/[C@H](CC(C)C)NC(=O)[C@H](Cc1ccccc1)NC(=O)[C@H](CC(C)C)NC(=O)[C@H](CCc1ccccc1)NC(=O)CN1CCOCC1)[C@@]1(C)CO1. The van der Waals surface area contributed by atoms with Crippen molar-refractivity contribution in [3.8, 4) is 12.3 Å². The lowest BCUT2D eigenvalue weighted by Gasteiger charge is -2.29. The molecule has 14 nitrogen and oxygen atoms in total. The van der Waals surface area contributed by atoms with Gasteiger partial charge in [0.15, 0.2) is 0 Å². The molecular weight excluding hydrogens is 751 g/mol. The van der Waals surface area contributed by atoms with Crippen molar-refractivity contribution in [1.29, 1.82) is 0 Å². The Kier molecular flexibility index (Phi) is 18.5. The van der Waals surface area contributed by atoms with Crippen molar-refractivity contribution < 1.29 is 33.4 Å². The van der Waals surface area contributed by atoms with E-state index in [0.29, 0.717) is 57.9 Å². The topological polar surface area (TPSA) is 183 Å². The molecule has 0 aromatic heterocycles. The smallest absolute Gasteiger partial charge is 0.243 e. The molecule has 59 heavy (non-hydrogen) atoms. The molecule has 2 fully saturated rings. The number of morpholine rings is 1. The Morgan fingerprint density at radius 3 is 1.90 bits per heavy atom. The number of hydrogen-bond donors (Lipinski definition) is 5. The lowest BCUT2D eigenvalue weighted by atomic mass is 9.92. The fraction of sp³-hybridized carbons (Fsp3) is 0.556. The van der Waals surface area contributed by atoms with Crippen LogP contribution < -0.4 is 26.7 Å². The minimum atomic E-state index is -1.05. The fourth-order valence-electron chi connectivity index (χ4n) is 6.90. The molecule has 2 saturated heterocycles. The first-order valence-electron chi connectivity index (χ1n) is 20.8. The van der Waals surface area contributed by atoms with Crippen LogP contribution >= 0.6 is 0 Å². The van der Waals surface area contributed by atoms with Crippen molar-refractivity contribution in [2.75, 3.05) is 39.5 Å². The zero-order valence-corrected chi connectivity index (χ0v) is 35.3. The predicted molar refractivity (Wildman–Crippen MR) is 227 cm³/mol. The van der Waals surface area contributed by atoms with Gasteiger partial charge in [0.1, 0.15) is 23.7 Å². The van der Waals surface area contributed by atoms with Crippen LogP contribution in [0.4, 0.5) is 0 Å². The van der Waals surface area contributed by atoms with E-state index in [9.17, 15) is 24.0 Å². The molecule has 2 heterocycles. The summed E-state index contributed by atoms with van der Waals surface area (Å²) in [5.41, 5.74) is 4.06. The quantitative estimate of drug-likeness (QED) is 0.0492. The summed E-state index contributed by atoms with van der Waals surface area (Å²) in [7, 11) is 0. The maximum Gasteiger partial charge on any atom is 0.243 e. The van der Waals surface area contributed by atoms with Crippen LogP contribution in [0.2, 0.25) is 0 Å². The van der Waals surface area contributed by atoms with Gasteiger partial charge in [-0.1, -0.05) is 88.4 Å². The second-order valence-corrected chi connectivity index (χ2v) is 16.4. The first-order chi connectivity index (χ1) is 28.3. The van der Waals surface area contributed by atoms with E-state index in [-0.39, 0.29) is 55.9 Å². The summed E-state index contributed by atoms with van der Waals surface area (Å²) in [4.78, 5) is 70.6. The molecule has 0 aliphatic carbocycles. The van der Waals surface area contributed by atoms with E-state index in [1.165, 1.54) is 0 Å². The monoisotopic (exact) mass is 813 g/mol. The number of ether oxygens (including phenoxy) is 2. The maximum atomic E-state index is 14.4. The lowest BCUT2D eigenvalue weighted by Crippen LogP contribution is -2.59. The number of hydrazone groups is 1. The van der Waals surface area contributed by atoms with E-state index in [4.69, 9.17) is 15.9 Å². The Morgan fingerprint density at radius 2 is 1.31 bits per heavy atom. The molecule has 5 amide bonds. The van der Waals surface area contributed by atoms with E-state index in [1.54, 1.807) is 0 Å². The average Bonchev–Trinajstić information content (AvgIpc) is 3.96. The molecule has 14 heteroatoms. The van der Waals surface area contributed by atoms with E-state index in [0.717, 1.165) is 11.1 Å². The number of hydrogen-bond acceptors (Lipinski definition) is 9. The number of carbonyl (C=O) groups is 5. The molecule has 0 unspecified atom stereocenters. The Morgan fingerprint density at radius 1 is 0.763 bits per heavy atom. The molecular formula is C45H63N7O7. The van der Waals surface area contributed by atoms with E-state index in [1.807, 2.05) is 100 Å². The summed E-state index contributed by atoms with van der Waals surface area (Å²) in [5.74, 6) is 0.431. The molecule has 2 aromatic carbocycles. The summed E-state index contributed by atoms with van der Waals surface area (Å²) in [6, 6.07) is 15.4. The molecule has 5 N–H and O–H groups in total. The lowest BCUT2D eigenvalue weighted by molar-refractivity contribution is -0.134. The number of epoxide rings is 1. The highest BCUT2D eigenvalue weighted by Gasteiger charge is 2.49. The largest absolute Gasteiger partial charge is 0.379 e. The summed E-state index contributed by atoms with van der Waals surface area (Å²) in [6.45, 7) is 12.5. The number of amides is 5. The van der Waals surface area contributed by atoms with Crippen LogP contribution in [0, 0.1) is 24.2 Å². The molecule has 2 aliphatic heterocycles. The van der Waals surface area contributed by atoms with E-state index >= 15 is 0 Å². The molecule has 0 bridgehead atoms. The summed E-state index contributed by atoms with van der Waals surface area (Å²) in [6.07, 6.45) is 7.46. The van der Waals surface area contributed by atoms with E-state index < -0.39 is 47.5 Å². The molecule has 0 saturated carbocycles. The Hall–Kier alpha value is -5.10. The zero-order chi connectivity index (χ0) is 42.8. The molecule has 2 aromatic rings. The van der Waals surface area contributed by atoms with Crippen LogP contribution in [0.1, 0.15) is 77.8 Å². The van der Waals surface area contributed by atoms with Gasteiger partial charge >= 0.3 is 0 Å².